The second kappa shape index (κ2) is 9.73. The number of anilines is 3. The summed E-state index contributed by atoms with van der Waals surface area (Å²) in [6.45, 7) is 5.47. The van der Waals surface area contributed by atoms with Crippen LogP contribution in [0.15, 0.2) is 144 Å². The second-order valence-corrected chi connectivity index (χ2v) is 12.6. The quantitative estimate of drug-likeness (QED) is 0.224. The van der Waals surface area contributed by atoms with Gasteiger partial charge in [-0.3, -0.25) is 0 Å². The van der Waals surface area contributed by atoms with Crippen LogP contribution >= 0.6 is 0 Å². The summed E-state index contributed by atoms with van der Waals surface area (Å²) in [6.07, 6.45) is 6.27. The molecule has 0 radical (unpaired) electrons. The molecule has 9 rings (SSSR count). The van der Waals surface area contributed by atoms with Crippen LogP contribution in [0.4, 0.5) is 17.1 Å². The van der Waals surface area contributed by atoms with Gasteiger partial charge in [-0.1, -0.05) is 105 Å². The van der Waals surface area contributed by atoms with Crippen LogP contribution in [0.3, 0.4) is 0 Å². The maximum atomic E-state index is 6.71. The van der Waals surface area contributed by atoms with E-state index in [-0.39, 0.29) is 5.41 Å². The fraction of sp³-hybridized carbons (Fsp3) is 0.0952. The number of nitrogens with one attached hydrogen (secondary N) is 1. The highest BCUT2D eigenvalue weighted by molar-refractivity contribution is 6.24. The molecule has 1 aliphatic heterocycles. The van der Waals surface area contributed by atoms with Crippen LogP contribution in [0.2, 0.25) is 0 Å². The summed E-state index contributed by atoms with van der Waals surface area (Å²) in [5, 5.41) is 8.08. The molecule has 0 unspecified atom stereocenters. The molecule has 6 aromatic carbocycles. The van der Waals surface area contributed by atoms with Crippen molar-refractivity contribution in [3.05, 3.63) is 156 Å². The van der Waals surface area contributed by atoms with E-state index in [0.717, 1.165) is 40.2 Å². The minimum absolute atomic E-state index is 0.0939. The molecule has 1 N–H and O–H groups in total. The van der Waals surface area contributed by atoms with Crippen LogP contribution in [-0.2, 0) is 5.41 Å². The van der Waals surface area contributed by atoms with Gasteiger partial charge in [0.2, 0.25) is 0 Å². The van der Waals surface area contributed by atoms with Crippen LogP contribution < -0.4 is 10.2 Å². The molecule has 216 valence electrons. The Morgan fingerprint density at radius 3 is 2.22 bits per heavy atom. The molecule has 0 saturated carbocycles. The fourth-order valence-corrected chi connectivity index (χ4v) is 7.60. The predicted octanol–water partition coefficient (Wildman–Crippen LogP) is 11.0. The molecule has 0 bridgehead atoms. The van der Waals surface area contributed by atoms with Crippen molar-refractivity contribution in [2.75, 3.05) is 11.4 Å². The number of hydrogen-bond donors (Lipinski definition) is 1. The van der Waals surface area contributed by atoms with Crippen molar-refractivity contribution in [2.45, 2.75) is 19.3 Å². The third-order valence-electron chi connectivity index (χ3n) is 9.71. The lowest BCUT2D eigenvalue weighted by Gasteiger charge is -2.29. The molecule has 3 nitrogen and oxygen atoms in total. The maximum Gasteiger partial charge on any atom is 0.138 e. The van der Waals surface area contributed by atoms with E-state index in [1.165, 1.54) is 49.5 Å². The molecular formula is C42H32N2O. The number of rotatable bonds is 4. The minimum Gasteiger partial charge on any atom is -0.456 e. The van der Waals surface area contributed by atoms with E-state index in [1.807, 2.05) is 6.20 Å². The number of nitrogens with zero attached hydrogens (tertiary/aromatic N) is 1. The first kappa shape index (κ1) is 25.9. The third-order valence-corrected chi connectivity index (χ3v) is 9.71. The van der Waals surface area contributed by atoms with Crippen molar-refractivity contribution in [3.8, 4) is 11.1 Å². The van der Waals surface area contributed by atoms with Gasteiger partial charge >= 0.3 is 0 Å². The van der Waals surface area contributed by atoms with Gasteiger partial charge in [0.25, 0.3) is 0 Å². The Hall–Kier alpha value is -5.54. The number of benzene rings is 6. The summed E-state index contributed by atoms with van der Waals surface area (Å²) in [5.74, 6) is 0. The monoisotopic (exact) mass is 580 g/mol. The average molecular weight is 581 g/mol. The van der Waals surface area contributed by atoms with Crippen molar-refractivity contribution in [3.63, 3.8) is 0 Å². The zero-order valence-electron chi connectivity index (χ0n) is 25.3. The van der Waals surface area contributed by atoms with Gasteiger partial charge in [0.15, 0.2) is 0 Å². The van der Waals surface area contributed by atoms with Crippen LogP contribution in [-0.4, -0.2) is 6.54 Å². The average Bonchev–Trinajstić information content (AvgIpc) is 3.58. The van der Waals surface area contributed by atoms with Gasteiger partial charge in [-0.25, -0.2) is 0 Å². The molecule has 0 saturated heterocycles. The Bertz CT molecular complexity index is 2360. The van der Waals surface area contributed by atoms with Crippen LogP contribution in [0.1, 0.15) is 30.5 Å². The molecular weight excluding hydrogens is 548 g/mol. The standard InChI is InChI=1S/C42H32N2O/c1-42(2)35-19-9-8-15-31(35)32-22-21-29(24-36(32)42)44(28-13-4-3-5-14-28)37-25-39-41(34-17-7-6-16-33(34)37)40-30(18-10-20-38(40)45-39)27-12-11-23-43-26-27/h3-25,43H,26H2,1-2H3. The third kappa shape index (κ3) is 3.84. The molecule has 2 aliphatic rings. The van der Waals surface area contributed by atoms with Gasteiger partial charge < -0.3 is 14.6 Å². The molecule has 7 aromatic rings. The lowest BCUT2D eigenvalue weighted by molar-refractivity contribution is 0.660. The highest BCUT2D eigenvalue weighted by Crippen LogP contribution is 2.51. The lowest BCUT2D eigenvalue weighted by Crippen LogP contribution is -2.16. The molecule has 1 aromatic heterocycles. The van der Waals surface area contributed by atoms with E-state index in [9.17, 15) is 0 Å². The second-order valence-electron chi connectivity index (χ2n) is 12.6. The van der Waals surface area contributed by atoms with Crippen LogP contribution in [0.5, 0.6) is 0 Å². The van der Waals surface area contributed by atoms with Crippen LogP contribution in [0.25, 0.3) is 49.4 Å². The molecule has 0 atom stereocenters. The first-order valence-corrected chi connectivity index (χ1v) is 15.7. The van der Waals surface area contributed by atoms with Crippen molar-refractivity contribution in [1.82, 2.24) is 5.32 Å². The highest BCUT2D eigenvalue weighted by Gasteiger charge is 2.36. The van der Waals surface area contributed by atoms with Crippen molar-refractivity contribution < 1.29 is 4.42 Å². The molecule has 45 heavy (non-hydrogen) atoms. The molecule has 0 spiro atoms. The van der Waals surface area contributed by atoms with E-state index in [2.05, 4.69) is 158 Å². The van der Waals surface area contributed by atoms with Gasteiger partial charge in [-0.05, 0) is 81.4 Å². The minimum atomic E-state index is -0.0939. The van der Waals surface area contributed by atoms with E-state index >= 15 is 0 Å². The van der Waals surface area contributed by atoms with E-state index in [4.69, 9.17) is 4.42 Å². The van der Waals surface area contributed by atoms with Gasteiger partial charge in [0.1, 0.15) is 11.2 Å². The highest BCUT2D eigenvalue weighted by atomic mass is 16.3. The number of dihydropyridines is 1. The summed E-state index contributed by atoms with van der Waals surface area (Å²) in [6, 6.07) is 43.9. The zero-order chi connectivity index (χ0) is 30.1. The maximum absolute atomic E-state index is 6.71. The van der Waals surface area contributed by atoms with E-state index in [0.29, 0.717) is 0 Å². The van der Waals surface area contributed by atoms with Crippen molar-refractivity contribution in [1.29, 1.82) is 0 Å². The van der Waals surface area contributed by atoms with Gasteiger partial charge in [0.05, 0.1) is 5.69 Å². The number of hydrogen-bond acceptors (Lipinski definition) is 3. The SMILES string of the molecule is CC1(C)c2ccccc2-c2ccc(N(c3ccccc3)c3cc4oc5cccc(C6=CC=CNC6)c5c4c4ccccc34)cc21. The van der Waals surface area contributed by atoms with Gasteiger partial charge in [0, 0.05) is 45.6 Å². The fourth-order valence-electron chi connectivity index (χ4n) is 7.60. The largest absolute Gasteiger partial charge is 0.456 e. The number of furan rings is 1. The molecule has 2 heterocycles. The topological polar surface area (TPSA) is 28.4 Å². The number of allylic oxidation sites excluding steroid dienone is 2. The Balaban J connectivity index is 1.32. The van der Waals surface area contributed by atoms with Gasteiger partial charge in [-0.15, -0.1) is 0 Å². The molecule has 0 amide bonds. The summed E-state index contributed by atoms with van der Waals surface area (Å²) in [7, 11) is 0. The normalized spacial score (nSPS) is 14.8. The van der Waals surface area contributed by atoms with Crippen molar-refractivity contribution in [2.24, 2.45) is 0 Å². The van der Waals surface area contributed by atoms with Gasteiger partial charge in [-0.2, -0.15) is 0 Å². The summed E-state index contributed by atoms with van der Waals surface area (Å²) in [4.78, 5) is 2.40. The summed E-state index contributed by atoms with van der Waals surface area (Å²) in [5.41, 5.74) is 12.9. The van der Waals surface area contributed by atoms with E-state index in [1.54, 1.807) is 0 Å². The van der Waals surface area contributed by atoms with Crippen molar-refractivity contribution >= 4 is 55.3 Å². The first-order chi connectivity index (χ1) is 22.1. The Labute approximate surface area is 262 Å². The molecule has 0 fully saturated rings. The van der Waals surface area contributed by atoms with Crippen LogP contribution in [0, 0.1) is 0 Å². The zero-order valence-corrected chi connectivity index (χ0v) is 25.3. The summed E-state index contributed by atoms with van der Waals surface area (Å²) >= 11 is 0. The number of para-hydroxylation sites is 1. The summed E-state index contributed by atoms with van der Waals surface area (Å²) < 4.78 is 6.71. The predicted molar refractivity (Wildman–Crippen MR) is 189 cm³/mol. The Morgan fingerprint density at radius 2 is 1.38 bits per heavy atom. The Morgan fingerprint density at radius 1 is 0.622 bits per heavy atom. The molecule has 3 heteroatoms. The number of fused-ring (bicyclic) bond motifs is 8. The smallest absolute Gasteiger partial charge is 0.138 e. The lowest BCUT2D eigenvalue weighted by atomic mass is 9.82. The Kier molecular flexibility index (Phi) is 5.61. The molecule has 1 aliphatic carbocycles. The first-order valence-electron chi connectivity index (χ1n) is 15.7. The van der Waals surface area contributed by atoms with E-state index < -0.39 is 0 Å².